The van der Waals surface area contributed by atoms with E-state index in [1.165, 1.54) is 0 Å². The van der Waals surface area contributed by atoms with Crippen LogP contribution in [-0.2, 0) is 14.3 Å². The third kappa shape index (κ3) is 7.43. The molecule has 0 bridgehead atoms. The van der Waals surface area contributed by atoms with Crippen molar-refractivity contribution in [2.24, 2.45) is 17.8 Å². The summed E-state index contributed by atoms with van der Waals surface area (Å²) >= 11 is 0. The molecule has 1 amide bonds. The lowest BCUT2D eigenvalue weighted by Crippen LogP contribution is -2.47. The number of carboxylic acids is 1. The molecule has 2 N–H and O–H groups in total. The molecule has 0 spiro atoms. The molecule has 0 fully saturated rings. The Labute approximate surface area is 132 Å². The fourth-order valence-corrected chi connectivity index (χ4v) is 2.01. The zero-order chi connectivity index (χ0) is 17.7. The normalized spacial score (nSPS) is 14.6. The first-order valence-electron chi connectivity index (χ1n) is 7.60. The highest BCUT2D eigenvalue weighted by atomic mass is 16.6. The van der Waals surface area contributed by atoms with Gasteiger partial charge in [0.15, 0.2) is 5.78 Å². The SMILES string of the molecule is CC(C)[C@H](CC(=O)[C@@H](NC(=O)OC(C)(C)C)C(C)C)C(=O)O. The van der Waals surface area contributed by atoms with E-state index in [0.29, 0.717) is 0 Å². The Morgan fingerprint density at radius 3 is 1.86 bits per heavy atom. The summed E-state index contributed by atoms with van der Waals surface area (Å²) in [5, 5.41) is 11.7. The van der Waals surface area contributed by atoms with Crippen molar-refractivity contribution in [2.75, 3.05) is 0 Å². The van der Waals surface area contributed by atoms with Gasteiger partial charge in [-0.15, -0.1) is 0 Å². The minimum Gasteiger partial charge on any atom is -0.481 e. The molecule has 0 aliphatic heterocycles. The second kappa shape index (κ2) is 8.15. The number of carboxylic acid groups (broad SMARTS) is 1. The van der Waals surface area contributed by atoms with Gasteiger partial charge in [0.05, 0.1) is 12.0 Å². The van der Waals surface area contributed by atoms with Gasteiger partial charge in [-0.3, -0.25) is 9.59 Å². The van der Waals surface area contributed by atoms with Gasteiger partial charge in [0.2, 0.25) is 0 Å². The molecule has 0 aliphatic carbocycles. The minimum atomic E-state index is -0.997. The van der Waals surface area contributed by atoms with Gasteiger partial charge in [-0.2, -0.15) is 0 Å². The summed E-state index contributed by atoms with van der Waals surface area (Å²) in [5.41, 5.74) is -0.657. The maximum Gasteiger partial charge on any atom is 0.408 e. The van der Waals surface area contributed by atoms with Gasteiger partial charge in [0.1, 0.15) is 5.60 Å². The number of hydrogen-bond acceptors (Lipinski definition) is 4. The molecule has 0 aliphatic rings. The van der Waals surface area contributed by atoms with Crippen molar-refractivity contribution in [3.05, 3.63) is 0 Å². The zero-order valence-electron chi connectivity index (χ0n) is 14.6. The molecule has 0 radical (unpaired) electrons. The van der Waals surface area contributed by atoms with E-state index in [4.69, 9.17) is 4.74 Å². The molecule has 0 aromatic rings. The minimum absolute atomic E-state index is 0.106. The van der Waals surface area contributed by atoms with Crippen LogP contribution < -0.4 is 5.32 Å². The molecule has 0 aromatic carbocycles. The number of rotatable bonds is 7. The first kappa shape index (κ1) is 20.4. The number of carbonyl (C=O) groups excluding carboxylic acids is 2. The van der Waals surface area contributed by atoms with Crippen LogP contribution in [0.1, 0.15) is 54.9 Å². The topological polar surface area (TPSA) is 92.7 Å². The van der Waals surface area contributed by atoms with Gasteiger partial charge >= 0.3 is 12.1 Å². The first-order valence-corrected chi connectivity index (χ1v) is 7.60. The van der Waals surface area contributed by atoms with Gasteiger partial charge in [0, 0.05) is 6.42 Å². The Kier molecular flexibility index (Phi) is 7.56. The molecule has 0 heterocycles. The largest absolute Gasteiger partial charge is 0.481 e. The van der Waals surface area contributed by atoms with Crippen molar-refractivity contribution in [1.82, 2.24) is 5.32 Å². The van der Waals surface area contributed by atoms with Gasteiger partial charge in [-0.25, -0.2) is 4.79 Å². The van der Waals surface area contributed by atoms with Crippen molar-refractivity contribution in [3.63, 3.8) is 0 Å². The summed E-state index contributed by atoms with van der Waals surface area (Å²) in [6.07, 6.45) is -0.776. The monoisotopic (exact) mass is 315 g/mol. The summed E-state index contributed by atoms with van der Waals surface area (Å²) < 4.78 is 5.15. The number of amides is 1. The van der Waals surface area contributed by atoms with Crippen molar-refractivity contribution < 1.29 is 24.2 Å². The van der Waals surface area contributed by atoms with Crippen LogP contribution in [0.25, 0.3) is 0 Å². The average molecular weight is 315 g/mol. The smallest absolute Gasteiger partial charge is 0.408 e. The van der Waals surface area contributed by atoms with Crippen LogP contribution in [0, 0.1) is 17.8 Å². The number of ether oxygens (including phenoxy) is 1. The van der Waals surface area contributed by atoms with E-state index in [0.717, 1.165) is 0 Å². The van der Waals surface area contributed by atoms with Crippen molar-refractivity contribution in [3.8, 4) is 0 Å². The van der Waals surface area contributed by atoms with E-state index in [2.05, 4.69) is 5.32 Å². The highest BCUT2D eigenvalue weighted by Crippen LogP contribution is 2.19. The Hall–Kier alpha value is -1.59. The highest BCUT2D eigenvalue weighted by Gasteiger charge is 2.31. The van der Waals surface area contributed by atoms with E-state index >= 15 is 0 Å². The third-order valence-corrected chi connectivity index (χ3v) is 3.23. The molecule has 0 rings (SSSR count). The third-order valence-electron chi connectivity index (χ3n) is 3.23. The Morgan fingerprint density at radius 2 is 1.55 bits per heavy atom. The molecule has 128 valence electrons. The lowest BCUT2D eigenvalue weighted by molar-refractivity contribution is -0.145. The van der Waals surface area contributed by atoms with E-state index in [9.17, 15) is 19.5 Å². The quantitative estimate of drug-likeness (QED) is 0.753. The summed E-state index contributed by atoms with van der Waals surface area (Å²) in [5.74, 6) is -2.35. The van der Waals surface area contributed by atoms with Gasteiger partial charge in [-0.1, -0.05) is 27.7 Å². The number of aliphatic carboxylic acids is 1. The fraction of sp³-hybridized carbons (Fsp3) is 0.812. The predicted molar refractivity (Wildman–Crippen MR) is 83.6 cm³/mol. The highest BCUT2D eigenvalue weighted by molar-refractivity contribution is 5.90. The molecular weight excluding hydrogens is 286 g/mol. The number of hydrogen-bond donors (Lipinski definition) is 2. The average Bonchev–Trinajstić information content (AvgIpc) is 2.29. The number of alkyl carbamates (subject to hydrolysis) is 1. The summed E-state index contributed by atoms with van der Waals surface area (Å²) in [6, 6.07) is -0.754. The van der Waals surface area contributed by atoms with E-state index < -0.39 is 29.6 Å². The van der Waals surface area contributed by atoms with Gasteiger partial charge in [-0.05, 0) is 32.6 Å². The van der Waals surface area contributed by atoms with Gasteiger partial charge < -0.3 is 15.2 Å². The van der Waals surface area contributed by atoms with Crippen molar-refractivity contribution in [2.45, 2.75) is 66.5 Å². The molecule has 0 unspecified atom stereocenters. The molecule has 0 saturated carbocycles. The van der Waals surface area contributed by atoms with E-state index in [-0.39, 0.29) is 24.0 Å². The van der Waals surface area contributed by atoms with Crippen LogP contribution in [-0.4, -0.2) is 34.6 Å². The maximum atomic E-state index is 12.4. The Bertz CT molecular complexity index is 409. The molecular formula is C16H29NO5. The van der Waals surface area contributed by atoms with Crippen molar-refractivity contribution >= 4 is 17.8 Å². The molecule has 0 saturated heterocycles. The molecule has 22 heavy (non-hydrogen) atoms. The Morgan fingerprint density at radius 1 is 1.05 bits per heavy atom. The number of carbonyl (C=O) groups is 3. The zero-order valence-corrected chi connectivity index (χ0v) is 14.6. The van der Waals surface area contributed by atoms with E-state index in [1.54, 1.807) is 48.5 Å². The maximum absolute atomic E-state index is 12.4. The van der Waals surface area contributed by atoms with Gasteiger partial charge in [0.25, 0.3) is 0 Å². The first-order chi connectivity index (χ1) is 9.85. The molecule has 6 nitrogen and oxygen atoms in total. The summed E-state index contributed by atoms with van der Waals surface area (Å²) in [4.78, 5) is 35.4. The summed E-state index contributed by atoms with van der Waals surface area (Å²) in [6.45, 7) is 12.3. The molecule has 6 heteroatoms. The standard InChI is InChI=1S/C16H29NO5/c1-9(2)11(14(19)20)8-12(18)13(10(3)4)17-15(21)22-16(5,6)7/h9-11,13H,8H2,1-7H3,(H,17,21)(H,19,20)/t11-,13-/m0/s1. The fourth-order valence-electron chi connectivity index (χ4n) is 2.01. The summed E-state index contributed by atoms with van der Waals surface area (Å²) in [7, 11) is 0. The number of ketones is 1. The number of Topliss-reactive ketones (excluding diaryl/α,β-unsaturated/α-hetero) is 1. The van der Waals surface area contributed by atoms with E-state index in [1.807, 2.05) is 0 Å². The van der Waals surface area contributed by atoms with Crippen LogP contribution in [0.5, 0.6) is 0 Å². The van der Waals surface area contributed by atoms with Crippen LogP contribution in [0.15, 0.2) is 0 Å². The predicted octanol–water partition coefficient (Wildman–Crippen LogP) is 2.85. The Balaban J connectivity index is 4.92. The lowest BCUT2D eigenvalue weighted by atomic mass is 9.86. The van der Waals surface area contributed by atoms with Crippen LogP contribution in [0.3, 0.4) is 0 Å². The lowest BCUT2D eigenvalue weighted by Gasteiger charge is -2.26. The molecule has 0 aromatic heterocycles. The second-order valence-electron chi connectivity index (χ2n) is 7.23. The second-order valence-corrected chi connectivity index (χ2v) is 7.23. The van der Waals surface area contributed by atoms with Crippen LogP contribution in [0.4, 0.5) is 4.79 Å². The van der Waals surface area contributed by atoms with Crippen molar-refractivity contribution in [1.29, 1.82) is 0 Å². The van der Waals surface area contributed by atoms with Crippen LogP contribution in [0.2, 0.25) is 0 Å². The molecule has 2 atom stereocenters. The van der Waals surface area contributed by atoms with Crippen LogP contribution >= 0.6 is 0 Å². The number of nitrogens with one attached hydrogen (secondary N) is 1.